The fourth-order valence-corrected chi connectivity index (χ4v) is 3.57. The van der Waals surface area contributed by atoms with Crippen molar-refractivity contribution in [1.29, 1.82) is 0 Å². The van der Waals surface area contributed by atoms with Crippen molar-refractivity contribution >= 4 is 11.9 Å². The van der Waals surface area contributed by atoms with Crippen molar-refractivity contribution in [3.63, 3.8) is 0 Å². The Morgan fingerprint density at radius 2 is 2.05 bits per heavy atom. The Morgan fingerprint density at radius 3 is 2.64 bits per heavy atom. The molecule has 2 heterocycles. The van der Waals surface area contributed by atoms with E-state index in [1.807, 2.05) is 19.9 Å². The standard InChI is InChI=1S/C16H21NO5/c1-9-5-10(2)22-13(9)14(18)17-12-3-4-21-16(8-12)6-11(7-16)15(19)20/h5,11-12H,3-4,6-8H2,1-2H3,(H,17,18)(H,19,20). The third kappa shape index (κ3) is 2.75. The van der Waals surface area contributed by atoms with Gasteiger partial charge in [-0.15, -0.1) is 0 Å². The normalized spacial score (nSPS) is 30.8. The molecule has 1 saturated carbocycles. The Balaban J connectivity index is 1.60. The van der Waals surface area contributed by atoms with Gasteiger partial charge >= 0.3 is 5.97 Å². The smallest absolute Gasteiger partial charge is 0.306 e. The molecule has 1 aliphatic carbocycles. The first kappa shape index (κ1) is 15.1. The van der Waals surface area contributed by atoms with Crippen molar-refractivity contribution in [2.75, 3.05) is 6.61 Å². The van der Waals surface area contributed by atoms with Crippen LogP contribution in [0.1, 0.15) is 47.6 Å². The zero-order chi connectivity index (χ0) is 15.9. The summed E-state index contributed by atoms with van der Waals surface area (Å²) in [4.78, 5) is 23.3. The molecule has 0 radical (unpaired) electrons. The molecule has 2 aliphatic rings. The third-order valence-electron chi connectivity index (χ3n) is 4.66. The highest BCUT2D eigenvalue weighted by atomic mass is 16.5. The fourth-order valence-electron chi connectivity index (χ4n) is 3.57. The summed E-state index contributed by atoms with van der Waals surface area (Å²) >= 11 is 0. The largest absolute Gasteiger partial charge is 0.481 e. The lowest BCUT2D eigenvalue weighted by molar-refractivity contribution is -0.181. The zero-order valence-electron chi connectivity index (χ0n) is 12.8. The predicted octanol–water partition coefficient (Wildman–Crippen LogP) is 2.04. The van der Waals surface area contributed by atoms with Gasteiger partial charge in [-0.2, -0.15) is 0 Å². The molecule has 1 atom stereocenters. The van der Waals surface area contributed by atoms with Crippen LogP contribution in [0.4, 0.5) is 0 Å². The van der Waals surface area contributed by atoms with Crippen molar-refractivity contribution in [3.05, 3.63) is 23.2 Å². The van der Waals surface area contributed by atoms with E-state index in [1.165, 1.54) is 0 Å². The van der Waals surface area contributed by atoms with E-state index in [2.05, 4.69) is 5.32 Å². The average molecular weight is 307 g/mol. The van der Waals surface area contributed by atoms with Gasteiger partial charge in [0.25, 0.3) is 5.91 Å². The summed E-state index contributed by atoms with van der Waals surface area (Å²) in [6.45, 7) is 4.21. The Labute approximate surface area is 128 Å². The van der Waals surface area contributed by atoms with Gasteiger partial charge in [-0.05, 0) is 45.6 Å². The van der Waals surface area contributed by atoms with Crippen molar-refractivity contribution in [2.24, 2.45) is 5.92 Å². The minimum Gasteiger partial charge on any atom is -0.481 e. The molecule has 1 unspecified atom stereocenters. The topological polar surface area (TPSA) is 88.8 Å². The van der Waals surface area contributed by atoms with E-state index in [0.717, 1.165) is 17.7 Å². The monoisotopic (exact) mass is 307 g/mol. The SMILES string of the molecule is Cc1cc(C)c(C(=O)NC2CCOC3(C2)CC(C(=O)O)C3)o1. The average Bonchev–Trinajstić information content (AvgIpc) is 2.75. The molecule has 0 aromatic carbocycles. The minimum atomic E-state index is -0.762. The zero-order valence-corrected chi connectivity index (χ0v) is 12.8. The van der Waals surface area contributed by atoms with Gasteiger partial charge in [0, 0.05) is 18.2 Å². The first-order chi connectivity index (χ1) is 10.4. The van der Waals surface area contributed by atoms with Crippen molar-refractivity contribution < 1.29 is 23.8 Å². The molecule has 6 heteroatoms. The molecule has 2 fully saturated rings. The van der Waals surface area contributed by atoms with Crippen LogP contribution >= 0.6 is 0 Å². The van der Waals surface area contributed by atoms with Crippen molar-refractivity contribution in [2.45, 2.75) is 51.2 Å². The summed E-state index contributed by atoms with van der Waals surface area (Å²) in [5.41, 5.74) is 0.458. The molecule has 1 spiro atoms. The van der Waals surface area contributed by atoms with E-state index >= 15 is 0 Å². The molecule has 1 aliphatic heterocycles. The van der Waals surface area contributed by atoms with Gasteiger partial charge in [0.15, 0.2) is 5.76 Å². The van der Waals surface area contributed by atoms with Gasteiger partial charge in [0.2, 0.25) is 0 Å². The Bertz CT molecular complexity index is 600. The maximum absolute atomic E-state index is 12.3. The molecule has 6 nitrogen and oxygen atoms in total. The van der Waals surface area contributed by atoms with Crippen LogP contribution < -0.4 is 5.32 Å². The molecule has 2 N–H and O–H groups in total. The van der Waals surface area contributed by atoms with Crippen LogP contribution in [0.3, 0.4) is 0 Å². The van der Waals surface area contributed by atoms with Crippen LogP contribution in [0, 0.1) is 19.8 Å². The Hall–Kier alpha value is -1.82. The molecular formula is C16H21NO5. The van der Waals surface area contributed by atoms with Gasteiger partial charge in [-0.1, -0.05) is 0 Å². The molecule has 1 amide bonds. The number of aryl methyl sites for hydroxylation is 2. The van der Waals surface area contributed by atoms with Gasteiger partial charge in [-0.25, -0.2) is 0 Å². The number of amides is 1. The number of aliphatic carboxylic acids is 1. The number of nitrogens with one attached hydrogen (secondary N) is 1. The van der Waals surface area contributed by atoms with Crippen LogP contribution in [0.15, 0.2) is 10.5 Å². The number of furan rings is 1. The highest BCUT2D eigenvalue weighted by Crippen LogP contribution is 2.46. The highest BCUT2D eigenvalue weighted by molar-refractivity contribution is 5.93. The summed E-state index contributed by atoms with van der Waals surface area (Å²) in [5, 5.41) is 12.0. The maximum Gasteiger partial charge on any atom is 0.306 e. The summed E-state index contributed by atoms with van der Waals surface area (Å²) in [6, 6.07) is 1.84. The molecule has 3 rings (SSSR count). The fraction of sp³-hybridized carbons (Fsp3) is 0.625. The predicted molar refractivity (Wildman–Crippen MR) is 77.7 cm³/mol. The second-order valence-electron chi connectivity index (χ2n) is 6.51. The van der Waals surface area contributed by atoms with Gasteiger partial charge < -0.3 is 19.6 Å². The molecule has 1 aromatic rings. The summed E-state index contributed by atoms with van der Waals surface area (Å²) in [7, 11) is 0. The summed E-state index contributed by atoms with van der Waals surface area (Å²) in [5.74, 6) is -0.210. The van der Waals surface area contributed by atoms with E-state index in [-0.39, 0.29) is 23.5 Å². The van der Waals surface area contributed by atoms with Crippen molar-refractivity contribution in [1.82, 2.24) is 5.32 Å². The minimum absolute atomic E-state index is 0.000742. The van der Waals surface area contributed by atoms with E-state index < -0.39 is 5.97 Å². The van der Waals surface area contributed by atoms with E-state index in [1.54, 1.807) is 0 Å². The van der Waals surface area contributed by atoms with Gasteiger partial charge in [0.1, 0.15) is 5.76 Å². The van der Waals surface area contributed by atoms with Gasteiger partial charge in [0.05, 0.1) is 11.5 Å². The summed E-state index contributed by atoms with van der Waals surface area (Å²) < 4.78 is 11.2. The van der Waals surface area contributed by atoms with Crippen LogP contribution in [0.25, 0.3) is 0 Å². The first-order valence-corrected chi connectivity index (χ1v) is 7.63. The van der Waals surface area contributed by atoms with Crippen molar-refractivity contribution in [3.8, 4) is 0 Å². The van der Waals surface area contributed by atoms with E-state index in [4.69, 9.17) is 14.3 Å². The second-order valence-corrected chi connectivity index (χ2v) is 6.51. The molecular weight excluding hydrogens is 286 g/mol. The number of carboxylic acids is 1. The lowest BCUT2D eigenvalue weighted by atomic mass is 9.66. The van der Waals surface area contributed by atoms with Crippen LogP contribution in [0.5, 0.6) is 0 Å². The number of hydrogen-bond donors (Lipinski definition) is 2. The second kappa shape index (κ2) is 5.43. The molecule has 1 aromatic heterocycles. The molecule has 120 valence electrons. The molecule has 1 saturated heterocycles. The van der Waals surface area contributed by atoms with Gasteiger partial charge in [-0.3, -0.25) is 9.59 Å². The summed E-state index contributed by atoms with van der Waals surface area (Å²) in [6.07, 6.45) is 2.48. The number of carbonyl (C=O) groups excluding carboxylic acids is 1. The highest BCUT2D eigenvalue weighted by Gasteiger charge is 2.51. The Morgan fingerprint density at radius 1 is 1.32 bits per heavy atom. The van der Waals surface area contributed by atoms with E-state index in [0.29, 0.717) is 31.6 Å². The van der Waals surface area contributed by atoms with E-state index in [9.17, 15) is 9.59 Å². The third-order valence-corrected chi connectivity index (χ3v) is 4.66. The van der Waals surface area contributed by atoms with Crippen LogP contribution in [0.2, 0.25) is 0 Å². The lowest BCUT2D eigenvalue weighted by Gasteiger charge is -2.50. The lowest BCUT2D eigenvalue weighted by Crippen LogP contribution is -2.56. The maximum atomic E-state index is 12.3. The quantitative estimate of drug-likeness (QED) is 0.892. The van der Waals surface area contributed by atoms with Crippen LogP contribution in [-0.2, 0) is 9.53 Å². The first-order valence-electron chi connectivity index (χ1n) is 7.63. The molecule has 22 heavy (non-hydrogen) atoms. The number of hydrogen-bond acceptors (Lipinski definition) is 4. The molecule has 0 bridgehead atoms. The van der Waals surface area contributed by atoms with Crippen LogP contribution in [-0.4, -0.2) is 35.2 Å². The number of ether oxygens (including phenoxy) is 1. The number of carbonyl (C=O) groups is 2. The Kier molecular flexibility index (Phi) is 3.72. The number of carboxylic acid groups (broad SMARTS) is 1. The number of rotatable bonds is 3.